The van der Waals surface area contributed by atoms with Gasteiger partial charge in [0.25, 0.3) is 0 Å². The van der Waals surface area contributed by atoms with E-state index in [1.807, 2.05) is 0 Å². The molecule has 1 atom stereocenters. The molecule has 6 nitrogen and oxygen atoms in total. The highest BCUT2D eigenvalue weighted by Crippen LogP contribution is 2.16. The molecule has 0 radical (unpaired) electrons. The van der Waals surface area contributed by atoms with Crippen LogP contribution in [0.3, 0.4) is 0 Å². The number of rotatable bonds is 4. The Labute approximate surface area is 131 Å². The Bertz CT molecular complexity index is 675. The van der Waals surface area contributed by atoms with Crippen LogP contribution in [0.4, 0.5) is 5.69 Å². The summed E-state index contributed by atoms with van der Waals surface area (Å²) in [5.41, 5.74) is -0.227. The minimum Gasteiger partial charge on any atom is -0.344 e. The summed E-state index contributed by atoms with van der Waals surface area (Å²) in [5.74, 6) is -0.650. The molecule has 1 aromatic carbocycles. The maximum Gasteiger partial charge on any atom is 0.246 e. The van der Waals surface area contributed by atoms with Crippen molar-refractivity contribution in [2.45, 2.75) is 38.6 Å². The Hall–Kier alpha value is -1.89. The molecular weight excluding hydrogens is 304 g/mol. The van der Waals surface area contributed by atoms with Crippen molar-refractivity contribution in [2.75, 3.05) is 11.6 Å². The second-order valence-electron chi connectivity index (χ2n) is 6.23. The van der Waals surface area contributed by atoms with Gasteiger partial charge in [-0.25, -0.2) is 8.42 Å². The van der Waals surface area contributed by atoms with E-state index in [4.69, 9.17) is 0 Å². The topological polar surface area (TPSA) is 92.3 Å². The quantitative estimate of drug-likeness (QED) is 0.878. The molecule has 0 aliphatic rings. The average Bonchev–Trinajstić information content (AvgIpc) is 2.36. The molecule has 0 heterocycles. The summed E-state index contributed by atoms with van der Waals surface area (Å²) in [5, 5.41) is 5.21. The molecule has 2 amide bonds. The van der Waals surface area contributed by atoms with E-state index in [0.29, 0.717) is 5.69 Å². The van der Waals surface area contributed by atoms with Crippen LogP contribution in [0, 0.1) is 5.41 Å². The summed E-state index contributed by atoms with van der Waals surface area (Å²) in [6, 6.07) is 5.24. The summed E-state index contributed by atoms with van der Waals surface area (Å²) in [4.78, 5) is 24.0. The predicted molar refractivity (Wildman–Crippen MR) is 85.2 cm³/mol. The lowest BCUT2D eigenvalue weighted by Crippen LogP contribution is -2.46. The summed E-state index contributed by atoms with van der Waals surface area (Å²) in [6.45, 7) is 6.83. The molecule has 1 unspecified atom stereocenters. The van der Waals surface area contributed by atoms with E-state index >= 15 is 0 Å². The number of hydrogen-bond donors (Lipinski definition) is 2. The number of hydrogen-bond acceptors (Lipinski definition) is 4. The Morgan fingerprint density at radius 3 is 2.27 bits per heavy atom. The third-order valence-corrected chi connectivity index (χ3v) is 4.06. The second-order valence-corrected chi connectivity index (χ2v) is 8.25. The van der Waals surface area contributed by atoms with Gasteiger partial charge in [-0.2, -0.15) is 0 Å². The number of benzene rings is 1. The van der Waals surface area contributed by atoms with E-state index in [1.165, 1.54) is 12.1 Å². The third kappa shape index (κ3) is 5.14. The smallest absolute Gasteiger partial charge is 0.246 e. The largest absolute Gasteiger partial charge is 0.344 e. The molecule has 0 fully saturated rings. The van der Waals surface area contributed by atoms with Crippen LogP contribution in [-0.2, 0) is 19.4 Å². The Morgan fingerprint density at radius 1 is 1.18 bits per heavy atom. The third-order valence-electron chi connectivity index (χ3n) is 2.95. The minimum absolute atomic E-state index is 0.122. The van der Waals surface area contributed by atoms with Crippen LogP contribution < -0.4 is 10.6 Å². The number of carbonyl (C=O) groups excluding carboxylic acids is 2. The van der Waals surface area contributed by atoms with Crippen LogP contribution in [0.1, 0.15) is 27.7 Å². The fourth-order valence-electron chi connectivity index (χ4n) is 1.53. The first-order valence-corrected chi connectivity index (χ1v) is 8.72. The van der Waals surface area contributed by atoms with Gasteiger partial charge >= 0.3 is 0 Å². The van der Waals surface area contributed by atoms with Crippen molar-refractivity contribution < 1.29 is 18.0 Å². The molecule has 122 valence electrons. The standard InChI is InChI=1S/C15H22N2O4S/c1-10(16-14(19)15(2,3)4)13(18)17-11-7-6-8-12(9-11)22(5,20)21/h6-10H,1-5H3,(H,16,19)(H,17,18). The average molecular weight is 326 g/mol. The van der Waals surface area contributed by atoms with E-state index in [9.17, 15) is 18.0 Å². The number of sulfone groups is 1. The van der Waals surface area contributed by atoms with Crippen LogP contribution in [0.25, 0.3) is 0 Å². The van der Waals surface area contributed by atoms with Gasteiger partial charge in [-0.3, -0.25) is 9.59 Å². The molecule has 1 rings (SSSR count). The molecule has 1 aromatic rings. The molecule has 0 bridgehead atoms. The van der Waals surface area contributed by atoms with Crippen LogP contribution in [0.2, 0.25) is 0 Å². The number of carbonyl (C=O) groups is 2. The molecule has 0 saturated carbocycles. The van der Waals surface area contributed by atoms with Gasteiger partial charge in [-0.15, -0.1) is 0 Å². The molecule has 22 heavy (non-hydrogen) atoms. The van der Waals surface area contributed by atoms with Crippen molar-refractivity contribution in [3.8, 4) is 0 Å². The zero-order valence-electron chi connectivity index (χ0n) is 13.4. The molecule has 2 N–H and O–H groups in total. The summed E-state index contributed by atoms with van der Waals surface area (Å²) < 4.78 is 23.0. The lowest BCUT2D eigenvalue weighted by Gasteiger charge is -2.21. The predicted octanol–water partition coefficient (Wildman–Crippen LogP) is 1.58. The zero-order valence-corrected chi connectivity index (χ0v) is 14.2. The van der Waals surface area contributed by atoms with Crippen molar-refractivity contribution in [2.24, 2.45) is 5.41 Å². The van der Waals surface area contributed by atoms with Crippen molar-refractivity contribution >= 4 is 27.3 Å². The molecule has 0 aliphatic heterocycles. The first-order chi connectivity index (χ1) is 9.91. The normalized spacial score (nSPS) is 13.3. The fourth-order valence-corrected chi connectivity index (χ4v) is 2.20. The Kier molecular flexibility index (Phi) is 5.35. The highest BCUT2D eigenvalue weighted by atomic mass is 32.2. The van der Waals surface area contributed by atoms with Crippen molar-refractivity contribution in [3.63, 3.8) is 0 Å². The lowest BCUT2D eigenvalue weighted by atomic mass is 9.95. The van der Waals surface area contributed by atoms with Crippen molar-refractivity contribution in [3.05, 3.63) is 24.3 Å². The van der Waals surface area contributed by atoms with Gasteiger partial charge in [-0.1, -0.05) is 26.8 Å². The van der Waals surface area contributed by atoms with E-state index in [0.717, 1.165) is 6.26 Å². The minimum atomic E-state index is -3.34. The molecular formula is C15H22N2O4S. The first kappa shape index (κ1) is 18.2. The number of anilines is 1. The van der Waals surface area contributed by atoms with Gasteiger partial charge in [0, 0.05) is 17.4 Å². The Balaban J connectivity index is 2.79. The summed E-state index contributed by atoms with van der Waals surface area (Å²) in [6.07, 6.45) is 1.10. The van der Waals surface area contributed by atoms with Crippen LogP contribution >= 0.6 is 0 Å². The molecule has 0 aromatic heterocycles. The Morgan fingerprint density at radius 2 is 1.77 bits per heavy atom. The van der Waals surface area contributed by atoms with Gasteiger partial charge in [0.1, 0.15) is 6.04 Å². The second kappa shape index (κ2) is 6.48. The zero-order chi connectivity index (χ0) is 17.1. The van der Waals surface area contributed by atoms with E-state index in [1.54, 1.807) is 39.8 Å². The molecule has 0 saturated heterocycles. The van der Waals surface area contributed by atoms with Crippen LogP contribution in [0.15, 0.2) is 29.2 Å². The van der Waals surface area contributed by atoms with E-state index in [-0.39, 0.29) is 10.8 Å². The highest BCUT2D eigenvalue weighted by molar-refractivity contribution is 7.90. The van der Waals surface area contributed by atoms with Gasteiger partial charge < -0.3 is 10.6 Å². The van der Waals surface area contributed by atoms with E-state index < -0.39 is 27.2 Å². The van der Waals surface area contributed by atoms with Crippen LogP contribution in [-0.4, -0.2) is 32.5 Å². The number of nitrogens with one attached hydrogen (secondary N) is 2. The highest BCUT2D eigenvalue weighted by Gasteiger charge is 2.25. The summed E-state index contributed by atoms with van der Waals surface area (Å²) in [7, 11) is -3.34. The van der Waals surface area contributed by atoms with Gasteiger partial charge in [-0.05, 0) is 25.1 Å². The van der Waals surface area contributed by atoms with Gasteiger partial charge in [0.2, 0.25) is 11.8 Å². The monoisotopic (exact) mass is 326 g/mol. The molecule has 0 aliphatic carbocycles. The lowest BCUT2D eigenvalue weighted by molar-refractivity contribution is -0.131. The SMILES string of the molecule is CC(NC(=O)C(C)(C)C)C(=O)Nc1cccc(S(C)(=O)=O)c1. The van der Waals surface area contributed by atoms with Crippen molar-refractivity contribution in [1.82, 2.24) is 5.32 Å². The van der Waals surface area contributed by atoms with Gasteiger partial charge in [0.05, 0.1) is 4.90 Å². The van der Waals surface area contributed by atoms with Gasteiger partial charge in [0.15, 0.2) is 9.84 Å². The van der Waals surface area contributed by atoms with Crippen LogP contribution in [0.5, 0.6) is 0 Å². The number of amides is 2. The maximum absolute atomic E-state index is 12.1. The summed E-state index contributed by atoms with van der Waals surface area (Å²) >= 11 is 0. The molecule has 7 heteroatoms. The van der Waals surface area contributed by atoms with E-state index in [2.05, 4.69) is 10.6 Å². The maximum atomic E-state index is 12.1. The first-order valence-electron chi connectivity index (χ1n) is 6.83. The fraction of sp³-hybridized carbons (Fsp3) is 0.467. The van der Waals surface area contributed by atoms with Crippen molar-refractivity contribution in [1.29, 1.82) is 0 Å². The molecule has 0 spiro atoms.